The maximum Gasteiger partial charge on any atom is 0.336 e. The van der Waals surface area contributed by atoms with Crippen LogP contribution in [0.25, 0.3) is 11.3 Å². The van der Waals surface area contributed by atoms with Crippen LogP contribution in [0.5, 0.6) is 5.75 Å². The molecule has 0 radical (unpaired) electrons. The molecule has 0 spiro atoms. The van der Waals surface area contributed by atoms with Gasteiger partial charge in [0.2, 0.25) is 0 Å². The first-order valence-corrected chi connectivity index (χ1v) is 11.0. The summed E-state index contributed by atoms with van der Waals surface area (Å²) in [7, 11) is 1.53. The van der Waals surface area contributed by atoms with Crippen molar-refractivity contribution in [2.24, 2.45) is 0 Å². The van der Waals surface area contributed by atoms with Crippen molar-refractivity contribution >= 4 is 23.5 Å². The van der Waals surface area contributed by atoms with Crippen molar-refractivity contribution in [3.05, 3.63) is 57.1 Å². The van der Waals surface area contributed by atoms with Crippen molar-refractivity contribution in [3.8, 4) is 17.0 Å². The summed E-state index contributed by atoms with van der Waals surface area (Å²) in [4.78, 5) is 26.2. The molecule has 2 aromatic rings. The van der Waals surface area contributed by atoms with Gasteiger partial charge in [-0.3, -0.25) is 0 Å². The predicted molar refractivity (Wildman–Crippen MR) is 123 cm³/mol. The molecule has 2 heterocycles. The van der Waals surface area contributed by atoms with Crippen LogP contribution >= 0.6 is 11.6 Å². The van der Waals surface area contributed by atoms with Crippen molar-refractivity contribution in [1.29, 1.82) is 0 Å². The van der Waals surface area contributed by atoms with Crippen molar-refractivity contribution in [2.75, 3.05) is 20.3 Å². The van der Waals surface area contributed by atoms with Crippen molar-refractivity contribution in [1.82, 2.24) is 10.5 Å². The highest BCUT2D eigenvalue weighted by atomic mass is 35.5. The quantitative estimate of drug-likeness (QED) is 0.578. The van der Waals surface area contributed by atoms with Gasteiger partial charge < -0.3 is 24.1 Å². The Labute approximate surface area is 197 Å². The van der Waals surface area contributed by atoms with Crippen LogP contribution in [0.1, 0.15) is 44.9 Å². The molecule has 1 aromatic carbocycles. The first-order valence-electron chi connectivity index (χ1n) is 10.6. The molecule has 8 nitrogen and oxygen atoms in total. The molecule has 0 saturated carbocycles. The van der Waals surface area contributed by atoms with E-state index in [1.165, 1.54) is 7.11 Å². The van der Waals surface area contributed by atoms with E-state index in [4.69, 9.17) is 30.3 Å². The van der Waals surface area contributed by atoms with Crippen LogP contribution < -0.4 is 10.1 Å². The smallest absolute Gasteiger partial charge is 0.336 e. The molecular formula is C24H27ClN2O6. The third-order valence-electron chi connectivity index (χ3n) is 5.36. The largest absolute Gasteiger partial charge is 0.496 e. The molecule has 0 atom stereocenters. The standard InChI is InChI=1S/C24H27ClN2O6/c1-7-31-23(28)18-12(3)26-13(4)19(24(29)32-8-2)21(18)20-14(5)33-27-22(20)16-11-15(25)9-10-17(16)30-6/h9-11,21,26H,7-8H2,1-6H3. The van der Waals surface area contributed by atoms with Gasteiger partial charge in [0.1, 0.15) is 17.2 Å². The number of methoxy groups -OCH3 is 1. The molecule has 9 heteroatoms. The maximum atomic E-state index is 13.1. The third kappa shape index (κ3) is 4.61. The summed E-state index contributed by atoms with van der Waals surface area (Å²) in [6.45, 7) is 9.04. The van der Waals surface area contributed by atoms with Crippen LogP contribution in [0.3, 0.4) is 0 Å². The van der Waals surface area contributed by atoms with Gasteiger partial charge in [0.15, 0.2) is 0 Å². The molecule has 0 unspecified atom stereocenters. The molecule has 0 amide bonds. The number of carbonyl (C=O) groups excluding carboxylic acids is 2. The van der Waals surface area contributed by atoms with E-state index in [-0.39, 0.29) is 24.4 Å². The summed E-state index contributed by atoms with van der Waals surface area (Å²) >= 11 is 6.26. The Morgan fingerprint density at radius 2 is 1.64 bits per heavy atom. The van der Waals surface area contributed by atoms with E-state index in [1.807, 2.05) is 0 Å². The minimum atomic E-state index is -0.839. The number of ether oxygens (including phenoxy) is 3. The molecule has 0 fully saturated rings. The minimum absolute atomic E-state index is 0.178. The maximum absolute atomic E-state index is 13.1. The van der Waals surface area contributed by atoms with Gasteiger partial charge in [0, 0.05) is 27.5 Å². The molecule has 0 bridgehead atoms. The summed E-state index contributed by atoms with van der Waals surface area (Å²) in [6, 6.07) is 5.11. The van der Waals surface area contributed by atoms with Crippen molar-refractivity contribution in [2.45, 2.75) is 40.5 Å². The lowest BCUT2D eigenvalue weighted by Gasteiger charge is -2.30. The number of esters is 2. The highest BCUT2D eigenvalue weighted by Gasteiger charge is 2.41. The van der Waals surface area contributed by atoms with Gasteiger partial charge in [-0.2, -0.15) is 0 Å². The summed E-state index contributed by atoms with van der Waals surface area (Å²) in [5, 5.41) is 7.85. The van der Waals surface area contributed by atoms with Gasteiger partial charge in [0.25, 0.3) is 0 Å². The highest BCUT2D eigenvalue weighted by Crippen LogP contribution is 2.46. The van der Waals surface area contributed by atoms with E-state index in [2.05, 4.69) is 10.5 Å². The third-order valence-corrected chi connectivity index (χ3v) is 5.60. The van der Waals surface area contributed by atoms with E-state index in [9.17, 15) is 9.59 Å². The first kappa shape index (κ1) is 24.4. The van der Waals surface area contributed by atoms with Crippen LogP contribution in [0.2, 0.25) is 5.02 Å². The van der Waals surface area contributed by atoms with Crippen LogP contribution in [-0.2, 0) is 19.1 Å². The van der Waals surface area contributed by atoms with Crippen LogP contribution in [0, 0.1) is 6.92 Å². The minimum Gasteiger partial charge on any atom is -0.496 e. The molecule has 0 saturated heterocycles. The average Bonchev–Trinajstić information content (AvgIpc) is 3.14. The molecule has 176 valence electrons. The number of hydrogen-bond donors (Lipinski definition) is 1. The Bertz CT molecular complexity index is 1110. The average molecular weight is 475 g/mol. The zero-order valence-electron chi connectivity index (χ0n) is 19.5. The second kappa shape index (κ2) is 10.1. The zero-order chi connectivity index (χ0) is 24.3. The van der Waals surface area contributed by atoms with Gasteiger partial charge in [-0.15, -0.1) is 0 Å². The summed E-state index contributed by atoms with van der Waals surface area (Å²) in [5.74, 6) is -0.991. The van der Waals surface area contributed by atoms with Gasteiger partial charge in [-0.05, 0) is 52.8 Å². The zero-order valence-corrected chi connectivity index (χ0v) is 20.3. The molecule has 1 aliphatic rings. The summed E-state index contributed by atoms with van der Waals surface area (Å²) in [6.07, 6.45) is 0. The molecular weight excluding hydrogens is 448 g/mol. The van der Waals surface area contributed by atoms with E-state index < -0.39 is 17.9 Å². The molecule has 1 N–H and O–H groups in total. The number of nitrogens with zero attached hydrogens (tertiary/aromatic N) is 1. The van der Waals surface area contributed by atoms with Crippen LogP contribution in [0.15, 0.2) is 45.3 Å². The predicted octanol–water partition coefficient (Wildman–Crippen LogP) is 4.67. The lowest BCUT2D eigenvalue weighted by molar-refractivity contribution is -0.139. The lowest BCUT2D eigenvalue weighted by Crippen LogP contribution is -2.33. The second-order valence-corrected chi connectivity index (χ2v) is 7.86. The second-order valence-electron chi connectivity index (χ2n) is 7.42. The summed E-state index contributed by atoms with van der Waals surface area (Å²) in [5.41, 5.74) is 3.18. The van der Waals surface area contributed by atoms with Crippen molar-refractivity contribution in [3.63, 3.8) is 0 Å². The Morgan fingerprint density at radius 3 is 2.15 bits per heavy atom. The van der Waals surface area contributed by atoms with E-state index in [1.54, 1.807) is 52.8 Å². The number of carbonyl (C=O) groups is 2. The fourth-order valence-corrected chi connectivity index (χ4v) is 4.19. The Hall–Kier alpha value is -3.26. The van der Waals surface area contributed by atoms with Gasteiger partial charge in [-0.1, -0.05) is 16.8 Å². The van der Waals surface area contributed by atoms with E-state index in [0.29, 0.717) is 44.7 Å². The number of nitrogens with one attached hydrogen (secondary N) is 1. The van der Waals surface area contributed by atoms with Gasteiger partial charge in [0.05, 0.1) is 37.4 Å². The molecule has 0 aliphatic carbocycles. The SMILES string of the molecule is CCOC(=O)C1=C(C)NC(C)=C(C(=O)OCC)C1c1c(-c2cc(Cl)ccc2OC)noc1C. The topological polar surface area (TPSA) is 99.9 Å². The Balaban J connectivity index is 2.34. The van der Waals surface area contributed by atoms with Crippen molar-refractivity contribution < 1.29 is 28.3 Å². The van der Waals surface area contributed by atoms with Gasteiger partial charge >= 0.3 is 11.9 Å². The van der Waals surface area contributed by atoms with Crippen LogP contribution in [0.4, 0.5) is 0 Å². The lowest BCUT2D eigenvalue weighted by atomic mass is 9.78. The molecule has 1 aromatic heterocycles. The fourth-order valence-electron chi connectivity index (χ4n) is 4.02. The number of aryl methyl sites for hydroxylation is 1. The normalized spacial score (nSPS) is 14.3. The van der Waals surface area contributed by atoms with Crippen LogP contribution in [-0.4, -0.2) is 37.4 Å². The Kier molecular flexibility index (Phi) is 7.48. The number of dihydropyridines is 1. The van der Waals surface area contributed by atoms with E-state index >= 15 is 0 Å². The molecule has 3 rings (SSSR count). The first-order chi connectivity index (χ1) is 15.7. The molecule has 1 aliphatic heterocycles. The number of rotatable bonds is 7. The van der Waals surface area contributed by atoms with E-state index in [0.717, 1.165) is 0 Å². The summed E-state index contributed by atoms with van der Waals surface area (Å²) < 4.78 is 21.8. The number of benzene rings is 1. The Morgan fingerprint density at radius 1 is 1.06 bits per heavy atom. The number of hydrogen-bond acceptors (Lipinski definition) is 8. The fraction of sp³-hybridized carbons (Fsp3) is 0.375. The highest BCUT2D eigenvalue weighted by molar-refractivity contribution is 6.31. The number of allylic oxidation sites excluding steroid dienone is 2. The number of halogens is 1. The van der Waals surface area contributed by atoms with Gasteiger partial charge in [-0.25, -0.2) is 9.59 Å². The molecule has 33 heavy (non-hydrogen) atoms. The monoisotopic (exact) mass is 474 g/mol. The number of aromatic nitrogens is 1.